The monoisotopic (exact) mass is 272 g/mol. The van der Waals surface area contributed by atoms with Crippen molar-refractivity contribution in [2.75, 3.05) is 23.3 Å². The molecular formula is C12H12N6O2. The quantitative estimate of drug-likeness (QED) is 0.760. The second kappa shape index (κ2) is 5.00. The Morgan fingerprint density at radius 2 is 2.30 bits per heavy atom. The molecule has 1 aliphatic heterocycles. The molecule has 20 heavy (non-hydrogen) atoms. The summed E-state index contributed by atoms with van der Waals surface area (Å²) in [5.41, 5.74) is 1.53. The molecule has 2 aromatic rings. The van der Waals surface area contributed by atoms with E-state index in [1.54, 1.807) is 23.1 Å². The number of amides is 3. The predicted octanol–water partition coefficient (Wildman–Crippen LogP) is 0.587. The summed E-state index contributed by atoms with van der Waals surface area (Å²) in [5, 5.41) is 15.1. The van der Waals surface area contributed by atoms with Gasteiger partial charge in [-0.1, -0.05) is 6.07 Å². The fraction of sp³-hybridized carbons (Fsp3) is 0.167. The molecule has 1 aromatic carbocycles. The molecular weight excluding hydrogens is 260 g/mol. The minimum absolute atomic E-state index is 0.134. The van der Waals surface area contributed by atoms with Gasteiger partial charge in [-0.05, 0) is 18.2 Å². The second-order valence-electron chi connectivity index (χ2n) is 4.24. The van der Waals surface area contributed by atoms with Crippen LogP contribution in [0.5, 0.6) is 0 Å². The molecule has 0 saturated carbocycles. The molecule has 1 saturated heterocycles. The number of rotatable bonds is 3. The van der Waals surface area contributed by atoms with Crippen molar-refractivity contribution in [3.8, 4) is 0 Å². The van der Waals surface area contributed by atoms with Crippen LogP contribution in [0.2, 0.25) is 0 Å². The molecule has 0 bridgehead atoms. The summed E-state index contributed by atoms with van der Waals surface area (Å²) in [4.78, 5) is 25.1. The van der Waals surface area contributed by atoms with Gasteiger partial charge in [0, 0.05) is 24.5 Å². The van der Waals surface area contributed by atoms with Gasteiger partial charge in [-0.15, -0.1) is 0 Å². The Labute approximate surface area is 114 Å². The van der Waals surface area contributed by atoms with Crippen molar-refractivity contribution in [3.05, 3.63) is 36.2 Å². The van der Waals surface area contributed by atoms with Gasteiger partial charge in [0.05, 0.1) is 6.20 Å². The highest BCUT2D eigenvalue weighted by Gasteiger charge is 2.21. The van der Waals surface area contributed by atoms with Crippen molar-refractivity contribution < 1.29 is 9.59 Å². The Kier molecular flexibility index (Phi) is 3.04. The number of carbonyl (C=O) groups excluding carboxylic acids is 2. The van der Waals surface area contributed by atoms with Crippen molar-refractivity contribution >= 4 is 23.3 Å². The lowest BCUT2D eigenvalue weighted by Gasteiger charge is -2.15. The summed E-state index contributed by atoms with van der Waals surface area (Å²) in [7, 11) is 0. The summed E-state index contributed by atoms with van der Waals surface area (Å²) in [6, 6.07) is 6.94. The Balaban J connectivity index is 1.78. The third-order valence-electron chi connectivity index (χ3n) is 2.92. The largest absolute Gasteiger partial charge is 0.336 e. The van der Waals surface area contributed by atoms with Gasteiger partial charge < -0.3 is 10.6 Å². The normalized spacial score (nSPS) is 14.2. The van der Waals surface area contributed by atoms with Crippen LogP contribution in [-0.2, 0) is 0 Å². The lowest BCUT2D eigenvalue weighted by atomic mass is 10.2. The van der Waals surface area contributed by atoms with E-state index in [9.17, 15) is 9.59 Å². The van der Waals surface area contributed by atoms with Gasteiger partial charge in [0.25, 0.3) is 5.91 Å². The third kappa shape index (κ3) is 2.30. The van der Waals surface area contributed by atoms with Crippen LogP contribution in [-0.4, -0.2) is 40.4 Å². The average Bonchev–Trinajstić information content (AvgIpc) is 3.10. The molecule has 8 heteroatoms. The summed E-state index contributed by atoms with van der Waals surface area (Å²) in [6.07, 6.45) is 1.34. The zero-order valence-corrected chi connectivity index (χ0v) is 10.5. The van der Waals surface area contributed by atoms with Crippen molar-refractivity contribution in [2.45, 2.75) is 0 Å². The number of carbonyl (C=O) groups is 2. The number of nitrogens with zero attached hydrogens (tertiary/aromatic N) is 3. The topological polar surface area (TPSA) is 103 Å². The Bertz CT molecular complexity index is 639. The number of benzene rings is 1. The fourth-order valence-corrected chi connectivity index (χ4v) is 1.98. The van der Waals surface area contributed by atoms with Crippen molar-refractivity contribution in [2.24, 2.45) is 0 Å². The molecule has 1 aromatic heterocycles. The maximum atomic E-state index is 11.8. The van der Waals surface area contributed by atoms with Gasteiger partial charge >= 0.3 is 6.03 Å². The van der Waals surface area contributed by atoms with Crippen LogP contribution in [0.25, 0.3) is 0 Å². The fourth-order valence-electron chi connectivity index (χ4n) is 1.98. The first-order valence-corrected chi connectivity index (χ1v) is 6.06. The van der Waals surface area contributed by atoms with Crippen molar-refractivity contribution in [1.29, 1.82) is 0 Å². The lowest BCUT2D eigenvalue weighted by Crippen LogP contribution is -2.27. The van der Waals surface area contributed by atoms with Crippen LogP contribution in [0.15, 0.2) is 30.5 Å². The van der Waals surface area contributed by atoms with Crippen LogP contribution in [0.1, 0.15) is 10.5 Å². The molecule has 0 unspecified atom stereocenters. The number of H-pyrrole nitrogens is 1. The summed E-state index contributed by atoms with van der Waals surface area (Å²) in [6.45, 7) is 1.23. The maximum Gasteiger partial charge on any atom is 0.321 e. The van der Waals surface area contributed by atoms with E-state index in [4.69, 9.17) is 0 Å². The number of urea groups is 1. The van der Waals surface area contributed by atoms with Crippen LogP contribution in [0.4, 0.5) is 16.2 Å². The second-order valence-corrected chi connectivity index (χ2v) is 4.24. The van der Waals surface area contributed by atoms with Gasteiger partial charge in [0.2, 0.25) is 0 Å². The average molecular weight is 272 g/mol. The van der Waals surface area contributed by atoms with Gasteiger partial charge in [-0.3, -0.25) is 9.69 Å². The first kappa shape index (κ1) is 12.2. The Hall–Kier alpha value is -2.90. The minimum atomic E-state index is -0.359. The molecule has 3 N–H and O–H groups in total. The standard InChI is InChI=1S/C12H12N6O2/c19-11(10-7-14-17-16-10)15-8-2-1-3-9(6-8)18-5-4-13-12(18)20/h1-3,6-7H,4-5H2,(H,13,20)(H,15,19)(H,14,16,17). The summed E-state index contributed by atoms with van der Waals surface area (Å²) >= 11 is 0. The van der Waals surface area contributed by atoms with Crippen LogP contribution in [0.3, 0.4) is 0 Å². The number of nitrogens with one attached hydrogen (secondary N) is 3. The molecule has 0 atom stereocenters. The van der Waals surface area contributed by atoms with Gasteiger partial charge in [0.15, 0.2) is 5.69 Å². The zero-order valence-electron chi connectivity index (χ0n) is 10.5. The van der Waals surface area contributed by atoms with E-state index in [1.807, 2.05) is 6.07 Å². The molecule has 0 radical (unpaired) electrons. The lowest BCUT2D eigenvalue weighted by molar-refractivity contribution is 0.102. The maximum absolute atomic E-state index is 11.8. The van der Waals surface area contributed by atoms with Gasteiger partial charge in [0.1, 0.15) is 0 Å². The van der Waals surface area contributed by atoms with Gasteiger partial charge in [-0.25, -0.2) is 4.79 Å². The first-order valence-electron chi connectivity index (χ1n) is 6.06. The molecule has 3 amide bonds. The zero-order chi connectivity index (χ0) is 13.9. The van der Waals surface area contributed by atoms with E-state index in [0.717, 1.165) is 5.69 Å². The molecule has 0 spiro atoms. The molecule has 3 rings (SSSR count). The van der Waals surface area contributed by atoms with Gasteiger partial charge in [-0.2, -0.15) is 15.4 Å². The molecule has 102 valence electrons. The highest BCUT2D eigenvalue weighted by molar-refractivity contribution is 6.03. The smallest absolute Gasteiger partial charge is 0.321 e. The number of hydrogen-bond donors (Lipinski definition) is 3. The van der Waals surface area contributed by atoms with E-state index in [1.165, 1.54) is 6.20 Å². The molecule has 0 aliphatic carbocycles. The van der Waals surface area contributed by atoms with Crippen molar-refractivity contribution in [3.63, 3.8) is 0 Å². The first-order chi connectivity index (χ1) is 9.74. The van der Waals surface area contributed by atoms with E-state index < -0.39 is 0 Å². The van der Waals surface area contributed by atoms with Crippen LogP contribution < -0.4 is 15.5 Å². The third-order valence-corrected chi connectivity index (χ3v) is 2.92. The highest BCUT2D eigenvalue weighted by atomic mass is 16.2. The number of aromatic nitrogens is 3. The van der Waals surface area contributed by atoms with E-state index in [0.29, 0.717) is 18.8 Å². The minimum Gasteiger partial charge on any atom is -0.336 e. The molecule has 2 heterocycles. The number of anilines is 2. The van der Waals surface area contributed by atoms with E-state index >= 15 is 0 Å². The van der Waals surface area contributed by atoms with E-state index in [2.05, 4.69) is 26.0 Å². The SMILES string of the molecule is O=C(Nc1cccc(N2CCNC2=O)c1)c1cn[nH]n1. The number of aromatic amines is 1. The molecule has 1 aliphatic rings. The molecule has 8 nitrogen and oxygen atoms in total. The highest BCUT2D eigenvalue weighted by Crippen LogP contribution is 2.21. The predicted molar refractivity (Wildman–Crippen MR) is 71.5 cm³/mol. The Morgan fingerprint density at radius 3 is 3.00 bits per heavy atom. The summed E-state index contributed by atoms with van der Waals surface area (Å²) in [5.74, 6) is -0.359. The Morgan fingerprint density at radius 1 is 1.40 bits per heavy atom. The molecule has 1 fully saturated rings. The van der Waals surface area contributed by atoms with Crippen LogP contribution >= 0.6 is 0 Å². The van der Waals surface area contributed by atoms with Crippen molar-refractivity contribution in [1.82, 2.24) is 20.7 Å². The number of hydrogen-bond acceptors (Lipinski definition) is 4. The summed E-state index contributed by atoms with van der Waals surface area (Å²) < 4.78 is 0. The van der Waals surface area contributed by atoms with E-state index in [-0.39, 0.29) is 17.6 Å². The van der Waals surface area contributed by atoms with Crippen LogP contribution in [0, 0.1) is 0 Å².